The summed E-state index contributed by atoms with van der Waals surface area (Å²) in [6.07, 6.45) is 2.42. The number of methoxy groups -OCH3 is 1. The monoisotopic (exact) mass is 320 g/mol. The van der Waals surface area contributed by atoms with Gasteiger partial charge in [0.2, 0.25) is 5.91 Å². The van der Waals surface area contributed by atoms with E-state index < -0.39 is 11.4 Å². The second-order valence-electron chi connectivity index (χ2n) is 6.14. The fraction of sp³-hybridized carbons (Fsp3) is 0.529. The van der Waals surface area contributed by atoms with Crippen molar-refractivity contribution in [2.24, 2.45) is 11.1 Å². The normalized spacial score (nSPS) is 21.8. The van der Waals surface area contributed by atoms with E-state index in [1.165, 1.54) is 6.07 Å². The summed E-state index contributed by atoms with van der Waals surface area (Å²) < 4.78 is 5.34. The molecular formula is C17H24N2O4. The first-order chi connectivity index (χ1) is 10.9. The number of carboxylic acid groups (broad SMARTS) is 1. The van der Waals surface area contributed by atoms with Crippen LogP contribution in [0.4, 0.5) is 0 Å². The standard InChI is InChI=1S/C17H24N2O4/c1-3-17(16(18)22)7-4-8-19(11-17)10-13-9-12(15(20)21)5-6-14(13)23-2/h5-6,9H,3-4,7-8,10-11H2,1-2H3,(H2,18,22)(H,20,21). The number of hydrogen-bond donors (Lipinski definition) is 2. The molecule has 0 spiro atoms. The summed E-state index contributed by atoms with van der Waals surface area (Å²) in [6.45, 7) is 3.98. The van der Waals surface area contributed by atoms with Gasteiger partial charge in [-0.15, -0.1) is 0 Å². The van der Waals surface area contributed by atoms with Gasteiger partial charge in [-0.05, 0) is 44.0 Å². The Balaban J connectivity index is 2.22. The van der Waals surface area contributed by atoms with Crippen LogP contribution in [-0.4, -0.2) is 42.1 Å². The minimum Gasteiger partial charge on any atom is -0.496 e. The molecule has 1 atom stereocenters. The topological polar surface area (TPSA) is 92.9 Å². The van der Waals surface area contributed by atoms with Crippen molar-refractivity contribution in [3.8, 4) is 5.75 Å². The van der Waals surface area contributed by atoms with Gasteiger partial charge in [0.25, 0.3) is 0 Å². The molecular weight excluding hydrogens is 296 g/mol. The third-order valence-corrected chi connectivity index (χ3v) is 4.78. The molecule has 1 saturated heterocycles. The zero-order valence-electron chi connectivity index (χ0n) is 13.7. The van der Waals surface area contributed by atoms with Crippen LogP contribution in [0.15, 0.2) is 18.2 Å². The molecule has 1 heterocycles. The van der Waals surface area contributed by atoms with Crippen LogP contribution < -0.4 is 10.5 Å². The minimum atomic E-state index is -0.965. The highest BCUT2D eigenvalue weighted by Gasteiger charge is 2.39. The number of primary amides is 1. The Labute approximate surface area is 136 Å². The number of aromatic carboxylic acids is 1. The van der Waals surface area contributed by atoms with Gasteiger partial charge in [0.05, 0.1) is 18.1 Å². The highest BCUT2D eigenvalue weighted by Crippen LogP contribution is 2.34. The van der Waals surface area contributed by atoms with Crippen LogP contribution >= 0.6 is 0 Å². The Morgan fingerprint density at radius 1 is 1.43 bits per heavy atom. The summed E-state index contributed by atoms with van der Waals surface area (Å²) in [6, 6.07) is 4.83. The molecule has 1 aliphatic rings. The van der Waals surface area contributed by atoms with Crippen molar-refractivity contribution in [3.05, 3.63) is 29.3 Å². The molecule has 0 aromatic heterocycles. The molecule has 2 rings (SSSR count). The first-order valence-corrected chi connectivity index (χ1v) is 7.84. The van der Waals surface area contributed by atoms with E-state index in [1.807, 2.05) is 6.92 Å². The van der Waals surface area contributed by atoms with E-state index >= 15 is 0 Å². The van der Waals surface area contributed by atoms with E-state index in [9.17, 15) is 9.59 Å². The van der Waals surface area contributed by atoms with Crippen molar-refractivity contribution in [1.29, 1.82) is 0 Å². The predicted molar refractivity (Wildman–Crippen MR) is 86.4 cm³/mol. The Kier molecular flexibility index (Phi) is 5.26. The average Bonchev–Trinajstić information content (AvgIpc) is 2.54. The maximum absolute atomic E-state index is 11.9. The van der Waals surface area contributed by atoms with E-state index in [2.05, 4.69) is 4.90 Å². The number of benzene rings is 1. The van der Waals surface area contributed by atoms with Crippen molar-refractivity contribution in [2.45, 2.75) is 32.7 Å². The second-order valence-corrected chi connectivity index (χ2v) is 6.14. The lowest BCUT2D eigenvalue weighted by Gasteiger charge is -2.40. The molecule has 0 radical (unpaired) electrons. The van der Waals surface area contributed by atoms with Crippen molar-refractivity contribution in [2.75, 3.05) is 20.2 Å². The van der Waals surface area contributed by atoms with Crippen LogP contribution in [0.5, 0.6) is 5.75 Å². The zero-order chi connectivity index (χ0) is 17.0. The van der Waals surface area contributed by atoms with Crippen LogP contribution in [0.3, 0.4) is 0 Å². The molecule has 6 heteroatoms. The first-order valence-electron chi connectivity index (χ1n) is 7.84. The Hall–Kier alpha value is -2.08. The van der Waals surface area contributed by atoms with Crippen LogP contribution in [0.25, 0.3) is 0 Å². The van der Waals surface area contributed by atoms with Gasteiger partial charge in [0.1, 0.15) is 5.75 Å². The van der Waals surface area contributed by atoms with E-state index in [1.54, 1.807) is 19.2 Å². The van der Waals surface area contributed by atoms with Gasteiger partial charge in [-0.1, -0.05) is 6.92 Å². The summed E-state index contributed by atoms with van der Waals surface area (Å²) in [5, 5.41) is 9.16. The summed E-state index contributed by atoms with van der Waals surface area (Å²) in [5.74, 6) is -0.565. The Morgan fingerprint density at radius 3 is 2.74 bits per heavy atom. The van der Waals surface area contributed by atoms with Crippen LogP contribution in [0.1, 0.15) is 42.1 Å². The molecule has 1 fully saturated rings. The van der Waals surface area contributed by atoms with Crippen molar-refractivity contribution >= 4 is 11.9 Å². The lowest BCUT2D eigenvalue weighted by atomic mass is 9.77. The smallest absolute Gasteiger partial charge is 0.335 e. The lowest BCUT2D eigenvalue weighted by Crippen LogP contribution is -2.49. The lowest BCUT2D eigenvalue weighted by molar-refractivity contribution is -0.131. The largest absolute Gasteiger partial charge is 0.496 e. The maximum Gasteiger partial charge on any atom is 0.335 e. The molecule has 1 amide bonds. The number of hydrogen-bond acceptors (Lipinski definition) is 4. The van der Waals surface area contributed by atoms with E-state index in [0.29, 0.717) is 25.3 Å². The summed E-state index contributed by atoms with van der Waals surface area (Å²) >= 11 is 0. The number of nitrogens with two attached hydrogens (primary N) is 1. The van der Waals surface area contributed by atoms with E-state index in [4.69, 9.17) is 15.6 Å². The SMILES string of the molecule is CCC1(C(N)=O)CCCN(Cc2cc(C(=O)O)ccc2OC)C1. The van der Waals surface area contributed by atoms with Gasteiger partial charge in [-0.3, -0.25) is 9.69 Å². The molecule has 0 saturated carbocycles. The highest BCUT2D eigenvalue weighted by molar-refractivity contribution is 5.88. The van der Waals surface area contributed by atoms with Gasteiger partial charge in [0.15, 0.2) is 0 Å². The molecule has 3 N–H and O–H groups in total. The number of rotatable bonds is 6. The molecule has 1 aromatic carbocycles. The van der Waals surface area contributed by atoms with Crippen LogP contribution in [0.2, 0.25) is 0 Å². The van der Waals surface area contributed by atoms with E-state index in [0.717, 1.165) is 24.9 Å². The van der Waals surface area contributed by atoms with Gasteiger partial charge in [0, 0.05) is 18.7 Å². The van der Waals surface area contributed by atoms with Crippen LogP contribution in [0, 0.1) is 5.41 Å². The predicted octanol–water partition coefficient (Wildman–Crippen LogP) is 1.87. The summed E-state index contributed by atoms with van der Waals surface area (Å²) in [7, 11) is 1.56. The minimum absolute atomic E-state index is 0.231. The van der Waals surface area contributed by atoms with E-state index in [-0.39, 0.29) is 11.5 Å². The van der Waals surface area contributed by atoms with Crippen LogP contribution in [-0.2, 0) is 11.3 Å². The quantitative estimate of drug-likeness (QED) is 0.834. The number of likely N-dealkylation sites (tertiary alicyclic amines) is 1. The van der Waals surface area contributed by atoms with Gasteiger partial charge in [-0.25, -0.2) is 4.79 Å². The molecule has 23 heavy (non-hydrogen) atoms. The molecule has 1 aliphatic heterocycles. The first kappa shape index (κ1) is 17.3. The molecule has 1 unspecified atom stereocenters. The van der Waals surface area contributed by atoms with Gasteiger partial charge >= 0.3 is 5.97 Å². The molecule has 0 bridgehead atoms. The summed E-state index contributed by atoms with van der Waals surface area (Å²) in [5.41, 5.74) is 6.17. The maximum atomic E-state index is 11.9. The fourth-order valence-corrected chi connectivity index (χ4v) is 3.30. The highest BCUT2D eigenvalue weighted by atomic mass is 16.5. The number of ether oxygens (including phenoxy) is 1. The zero-order valence-corrected chi connectivity index (χ0v) is 13.7. The third-order valence-electron chi connectivity index (χ3n) is 4.78. The Bertz CT molecular complexity index is 602. The van der Waals surface area contributed by atoms with Crippen molar-refractivity contribution in [1.82, 2.24) is 4.90 Å². The molecule has 6 nitrogen and oxygen atoms in total. The molecule has 1 aromatic rings. The molecule has 126 valence electrons. The van der Waals surface area contributed by atoms with Crippen molar-refractivity contribution in [3.63, 3.8) is 0 Å². The number of carboxylic acids is 1. The average molecular weight is 320 g/mol. The molecule has 0 aliphatic carbocycles. The van der Waals surface area contributed by atoms with Gasteiger partial charge in [-0.2, -0.15) is 0 Å². The van der Waals surface area contributed by atoms with Gasteiger partial charge < -0.3 is 15.6 Å². The Morgan fingerprint density at radius 2 is 2.17 bits per heavy atom. The fourth-order valence-electron chi connectivity index (χ4n) is 3.30. The number of carbonyl (C=O) groups is 2. The third kappa shape index (κ3) is 3.64. The van der Waals surface area contributed by atoms with Crippen molar-refractivity contribution < 1.29 is 19.4 Å². The number of piperidine rings is 1. The second kappa shape index (κ2) is 7.00. The summed E-state index contributed by atoms with van der Waals surface area (Å²) in [4.78, 5) is 25.2. The number of nitrogens with zero attached hydrogens (tertiary/aromatic N) is 1. The number of amides is 1. The number of carbonyl (C=O) groups excluding carboxylic acids is 1.